The Morgan fingerprint density at radius 1 is 1.38 bits per heavy atom. The van der Waals surface area contributed by atoms with Gasteiger partial charge in [0, 0.05) is 18.3 Å². The highest BCUT2D eigenvalue weighted by molar-refractivity contribution is 6.41. The first kappa shape index (κ1) is 17.6. The van der Waals surface area contributed by atoms with Crippen LogP contribution in [-0.2, 0) is 4.79 Å². The Hall–Kier alpha value is -1.48. The first-order valence-corrected chi connectivity index (χ1v) is 7.04. The molecule has 0 atom stereocenters. The quantitative estimate of drug-likeness (QED) is 0.638. The van der Waals surface area contributed by atoms with Gasteiger partial charge in [0.15, 0.2) is 0 Å². The van der Waals surface area contributed by atoms with Crippen LogP contribution in [0.15, 0.2) is 18.2 Å². The summed E-state index contributed by atoms with van der Waals surface area (Å²) in [5, 5.41) is 2.81. The number of anilines is 1. The van der Waals surface area contributed by atoms with Crippen LogP contribution in [0.2, 0.25) is 0 Å². The zero-order valence-electron chi connectivity index (χ0n) is 13.5. The van der Waals surface area contributed by atoms with Gasteiger partial charge in [-0.05, 0) is 32.5 Å². The molecular weight excluding hydrogens is 258 g/mol. The van der Waals surface area contributed by atoms with Crippen LogP contribution in [0.5, 0.6) is 0 Å². The highest BCUT2D eigenvalue weighted by Gasteiger charge is 2.12. The van der Waals surface area contributed by atoms with E-state index in [-0.39, 0.29) is 11.8 Å². The summed E-state index contributed by atoms with van der Waals surface area (Å²) in [6, 6.07) is 1.84. The van der Waals surface area contributed by atoms with Crippen LogP contribution < -0.4 is 16.2 Å². The molecule has 1 N–H and O–H groups in total. The summed E-state index contributed by atoms with van der Waals surface area (Å²) in [5.41, 5.74) is 3.64. The summed E-state index contributed by atoms with van der Waals surface area (Å²) in [4.78, 5) is 13.9. The number of carbonyl (C=O) groups excluding carboxylic acids is 1. The number of benzene rings is 1. The second-order valence-corrected chi connectivity index (χ2v) is 5.78. The van der Waals surface area contributed by atoms with Gasteiger partial charge in [-0.25, -0.2) is 0 Å². The Labute approximate surface area is 130 Å². The first-order chi connectivity index (χ1) is 9.73. The highest BCUT2D eigenvalue weighted by Crippen LogP contribution is 2.17. The standard InChI is InChI=1S/C16H22B2N2O/c1-10(2)12-9-13(17)16(11(3)15(12)18)19-14(21)7-6-8-20(4)5/h6-7,9-10H,8H2,1-5H3,(H,19,21)/b7-6-. The van der Waals surface area contributed by atoms with Gasteiger partial charge >= 0.3 is 0 Å². The van der Waals surface area contributed by atoms with E-state index in [1.807, 2.05) is 32.0 Å². The molecular formula is C16H22B2N2O. The van der Waals surface area contributed by atoms with Gasteiger partial charge in [0.1, 0.15) is 15.7 Å². The molecule has 5 heteroatoms. The average Bonchev–Trinajstić information content (AvgIpc) is 2.38. The fourth-order valence-electron chi connectivity index (χ4n) is 2.06. The molecule has 0 aliphatic heterocycles. The summed E-state index contributed by atoms with van der Waals surface area (Å²) in [6.07, 6.45) is 3.30. The molecule has 0 saturated heterocycles. The van der Waals surface area contributed by atoms with Crippen LogP contribution in [0.25, 0.3) is 0 Å². The van der Waals surface area contributed by atoms with Crippen molar-refractivity contribution in [1.82, 2.24) is 4.90 Å². The molecule has 0 fully saturated rings. The molecule has 0 aliphatic rings. The summed E-state index contributed by atoms with van der Waals surface area (Å²) in [6.45, 7) is 6.70. The molecule has 0 aromatic heterocycles. The van der Waals surface area contributed by atoms with Gasteiger partial charge in [0.25, 0.3) is 0 Å². The van der Waals surface area contributed by atoms with E-state index in [2.05, 4.69) is 19.2 Å². The zero-order valence-corrected chi connectivity index (χ0v) is 13.5. The van der Waals surface area contributed by atoms with Crippen molar-refractivity contribution < 1.29 is 4.79 Å². The smallest absolute Gasteiger partial charge is 0.248 e. The minimum atomic E-state index is -0.205. The molecule has 1 aromatic rings. The van der Waals surface area contributed by atoms with Crippen molar-refractivity contribution >= 4 is 38.2 Å². The fourth-order valence-corrected chi connectivity index (χ4v) is 2.06. The van der Waals surface area contributed by atoms with Crippen molar-refractivity contribution in [2.75, 3.05) is 26.0 Å². The molecule has 0 bridgehead atoms. The van der Waals surface area contributed by atoms with Crippen LogP contribution in [0.4, 0.5) is 5.69 Å². The molecule has 1 amide bonds. The number of hydrogen-bond donors (Lipinski definition) is 1. The van der Waals surface area contributed by atoms with E-state index in [9.17, 15) is 4.79 Å². The minimum Gasteiger partial charge on any atom is -0.323 e. The molecule has 3 nitrogen and oxygen atoms in total. The lowest BCUT2D eigenvalue weighted by Crippen LogP contribution is -2.27. The fraction of sp³-hybridized carbons (Fsp3) is 0.438. The van der Waals surface area contributed by atoms with Crippen LogP contribution in [0.3, 0.4) is 0 Å². The van der Waals surface area contributed by atoms with E-state index in [1.165, 1.54) is 6.08 Å². The maximum absolute atomic E-state index is 11.9. The number of carbonyl (C=O) groups is 1. The average molecular weight is 280 g/mol. The monoisotopic (exact) mass is 280 g/mol. The SMILES string of the molecule is [B]c1cc(C(C)C)c([B])c(C)c1NC(=O)/C=C\CN(C)C. The molecule has 0 spiro atoms. The zero-order chi connectivity index (χ0) is 16.2. The summed E-state index contributed by atoms with van der Waals surface area (Å²) >= 11 is 0. The van der Waals surface area contributed by atoms with Crippen molar-refractivity contribution in [2.24, 2.45) is 0 Å². The lowest BCUT2D eigenvalue weighted by atomic mass is 9.76. The van der Waals surface area contributed by atoms with Crippen molar-refractivity contribution in [1.29, 1.82) is 0 Å². The second kappa shape index (κ2) is 7.51. The number of likely N-dealkylation sites (N-methyl/N-ethyl adjacent to an activating group) is 1. The molecule has 0 saturated carbocycles. The number of hydrogen-bond acceptors (Lipinski definition) is 2. The minimum absolute atomic E-state index is 0.205. The Balaban J connectivity index is 2.97. The Bertz CT molecular complexity index is 552. The van der Waals surface area contributed by atoms with Gasteiger partial charge in [-0.2, -0.15) is 0 Å². The Morgan fingerprint density at radius 3 is 2.52 bits per heavy atom. The Morgan fingerprint density at radius 2 is 2.00 bits per heavy atom. The Kier molecular flexibility index (Phi) is 6.28. The van der Waals surface area contributed by atoms with E-state index < -0.39 is 0 Å². The van der Waals surface area contributed by atoms with Gasteiger partial charge in [0.05, 0.1) is 0 Å². The van der Waals surface area contributed by atoms with E-state index in [0.717, 1.165) is 11.1 Å². The van der Waals surface area contributed by atoms with Crippen LogP contribution in [-0.4, -0.2) is 47.1 Å². The number of amides is 1. The van der Waals surface area contributed by atoms with E-state index in [4.69, 9.17) is 15.7 Å². The molecule has 0 heterocycles. The van der Waals surface area contributed by atoms with Crippen molar-refractivity contribution in [3.8, 4) is 0 Å². The van der Waals surface area contributed by atoms with Crippen molar-refractivity contribution in [2.45, 2.75) is 26.7 Å². The normalized spacial score (nSPS) is 11.6. The third kappa shape index (κ3) is 4.78. The number of nitrogens with one attached hydrogen (secondary N) is 1. The lowest BCUT2D eigenvalue weighted by molar-refractivity contribution is -0.111. The molecule has 1 aromatic carbocycles. The van der Waals surface area contributed by atoms with Crippen molar-refractivity contribution in [3.05, 3.63) is 29.3 Å². The largest absolute Gasteiger partial charge is 0.323 e. The van der Waals surface area contributed by atoms with Crippen LogP contribution >= 0.6 is 0 Å². The van der Waals surface area contributed by atoms with E-state index in [1.54, 1.807) is 6.08 Å². The lowest BCUT2D eigenvalue weighted by Gasteiger charge is -2.19. The topological polar surface area (TPSA) is 32.3 Å². The van der Waals surface area contributed by atoms with Gasteiger partial charge in [-0.15, -0.1) is 0 Å². The molecule has 1 rings (SSSR count). The maximum atomic E-state index is 11.9. The number of nitrogens with zero attached hydrogens (tertiary/aromatic N) is 1. The first-order valence-electron chi connectivity index (χ1n) is 7.04. The van der Waals surface area contributed by atoms with Crippen LogP contribution in [0, 0.1) is 6.92 Å². The van der Waals surface area contributed by atoms with Crippen molar-refractivity contribution in [3.63, 3.8) is 0 Å². The van der Waals surface area contributed by atoms with E-state index >= 15 is 0 Å². The molecule has 0 aliphatic carbocycles. The van der Waals surface area contributed by atoms with E-state index in [0.29, 0.717) is 23.2 Å². The highest BCUT2D eigenvalue weighted by atomic mass is 16.1. The maximum Gasteiger partial charge on any atom is 0.248 e. The molecule has 21 heavy (non-hydrogen) atoms. The van der Waals surface area contributed by atoms with Crippen LogP contribution in [0.1, 0.15) is 30.9 Å². The molecule has 108 valence electrons. The third-order valence-corrected chi connectivity index (χ3v) is 3.30. The predicted octanol–water partition coefficient (Wildman–Crippen LogP) is 0.762. The van der Waals surface area contributed by atoms with Gasteiger partial charge in [-0.3, -0.25) is 4.79 Å². The summed E-state index contributed by atoms with van der Waals surface area (Å²) in [5.74, 6) is 0.0825. The molecule has 0 unspecified atom stereocenters. The van der Waals surface area contributed by atoms with Gasteiger partial charge < -0.3 is 10.2 Å². The summed E-state index contributed by atoms with van der Waals surface area (Å²) in [7, 11) is 16.1. The summed E-state index contributed by atoms with van der Waals surface area (Å²) < 4.78 is 0. The van der Waals surface area contributed by atoms with Gasteiger partial charge in [-0.1, -0.05) is 42.5 Å². The third-order valence-electron chi connectivity index (χ3n) is 3.30. The molecule has 4 radical (unpaired) electrons. The predicted molar refractivity (Wildman–Crippen MR) is 92.4 cm³/mol. The second-order valence-electron chi connectivity index (χ2n) is 5.78. The van der Waals surface area contributed by atoms with Gasteiger partial charge in [0.2, 0.25) is 5.91 Å². The number of rotatable bonds is 5.